The van der Waals surface area contributed by atoms with E-state index in [-0.39, 0.29) is 18.0 Å². The molecule has 1 aromatic heterocycles. The second-order valence-electron chi connectivity index (χ2n) is 7.33. The number of amides is 3. The maximum atomic E-state index is 13.0. The number of rotatable bonds is 4. The summed E-state index contributed by atoms with van der Waals surface area (Å²) in [6.07, 6.45) is 2.76. The zero-order chi connectivity index (χ0) is 17.8. The van der Waals surface area contributed by atoms with E-state index in [4.69, 9.17) is 0 Å². The third kappa shape index (κ3) is 2.34. The minimum atomic E-state index is -0.534. The largest absolute Gasteiger partial charge is 0.402 e. The van der Waals surface area contributed by atoms with Crippen LogP contribution in [0.2, 0.25) is 0 Å². The molecular formula is C17H26N5O2+. The van der Waals surface area contributed by atoms with Crippen molar-refractivity contribution in [3.63, 3.8) is 0 Å². The maximum absolute atomic E-state index is 13.0. The number of carbonyl (C=O) groups excluding carboxylic acids is 2. The van der Waals surface area contributed by atoms with E-state index in [1.54, 1.807) is 7.05 Å². The Balaban J connectivity index is 2.02. The summed E-state index contributed by atoms with van der Waals surface area (Å²) >= 11 is 0. The fraction of sp³-hybridized carbons (Fsp3) is 0.647. The first-order valence-corrected chi connectivity index (χ1v) is 8.54. The number of nitrogens with zero attached hydrogens (tertiary/aromatic N) is 5. The van der Waals surface area contributed by atoms with Crippen molar-refractivity contribution in [1.82, 2.24) is 14.4 Å². The van der Waals surface area contributed by atoms with E-state index < -0.39 is 6.04 Å². The maximum Gasteiger partial charge on any atom is 0.402 e. The van der Waals surface area contributed by atoms with E-state index >= 15 is 0 Å². The van der Waals surface area contributed by atoms with Crippen LogP contribution in [0.3, 0.4) is 0 Å². The van der Waals surface area contributed by atoms with Crippen LogP contribution in [-0.2, 0) is 4.79 Å². The van der Waals surface area contributed by atoms with Crippen LogP contribution in [-0.4, -0.2) is 45.7 Å². The van der Waals surface area contributed by atoms with Gasteiger partial charge in [0.2, 0.25) is 11.9 Å². The number of likely N-dealkylation sites (N-methyl/N-ethyl adjacent to an activating group) is 1. The SMILES string of the molecule is Cc1c[n+]2c(n1C(C)C)N=C1C2C(=O)N(CCC(C)C)C(=O)N1C. The fourth-order valence-corrected chi connectivity index (χ4v) is 3.43. The standard InChI is InChI=1S/C17H26N5O2/c1-10(2)7-8-20-15(23)13-14(19(6)17(20)24)18-16-21(13)9-12(5)22(16)11(3)4/h9-11,13H,7-8H2,1-6H3/q+1. The summed E-state index contributed by atoms with van der Waals surface area (Å²) in [5.41, 5.74) is 1.06. The highest BCUT2D eigenvalue weighted by Gasteiger charge is 2.53. The molecule has 0 aliphatic carbocycles. The third-order valence-electron chi connectivity index (χ3n) is 4.70. The molecule has 0 spiro atoms. The normalized spacial score (nSPS) is 20.2. The number of imidazole rings is 1. The van der Waals surface area contributed by atoms with Crippen molar-refractivity contribution in [3.05, 3.63) is 11.9 Å². The fourth-order valence-electron chi connectivity index (χ4n) is 3.43. The lowest BCUT2D eigenvalue weighted by atomic mass is 10.1. The van der Waals surface area contributed by atoms with Gasteiger partial charge in [0.05, 0.1) is 6.04 Å². The highest BCUT2D eigenvalue weighted by Crippen LogP contribution is 2.31. The van der Waals surface area contributed by atoms with Gasteiger partial charge in [-0.2, -0.15) is 0 Å². The zero-order valence-electron chi connectivity index (χ0n) is 15.3. The Morgan fingerprint density at radius 3 is 2.50 bits per heavy atom. The number of amidine groups is 1. The molecule has 0 bridgehead atoms. The third-order valence-corrected chi connectivity index (χ3v) is 4.70. The van der Waals surface area contributed by atoms with Crippen molar-refractivity contribution in [1.29, 1.82) is 0 Å². The van der Waals surface area contributed by atoms with Crippen LogP contribution in [0, 0.1) is 12.8 Å². The number of carbonyl (C=O) groups is 2. The number of urea groups is 1. The van der Waals surface area contributed by atoms with E-state index in [1.165, 1.54) is 9.80 Å². The van der Waals surface area contributed by atoms with Gasteiger partial charge >= 0.3 is 12.0 Å². The molecule has 7 heteroatoms. The molecule has 7 nitrogen and oxygen atoms in total. The second-order valence-corrected chi connectivity index (χ2v) is 7.33. The van der Waals surface area contributed by atoms with Crippen molar-refractivity contribution in [2.45, 2.75) is 53.1 Å². The Labute approximate surface area is 142 Å². The van der Waals surface area contributed by atoms with Gasteiger partial charge < -0.3 is 0 Å². The summed E-state index contributed by atoms with van der Waals surface area (Å²) < 4.78 is 3.99. The highest BCUT2D eigenvalue weighted by molar-refractivity contribution is 6.19. The van der Waals surface area contributed by atoms with Gasteiger partial charge in [0.15, 0.2) is 0 Å². The lowest BCUT2D eigenvalue weighted by molar-refractivity contribution is -0.677. The molecule has 3 rings (SSSR count). The molecule has 1 unspecified atom stereocenters. The van der Waals surface area contributed by atoms with Crippen LogP contribution in [0.4, 0.5) is 10.7 Å². The topological polar surface area (TPSA) is 61.8 Å². The van der Waals surface area contributed by atoms with Crippen LogP contribution >= 0.6 is 0 Å². The number of aliphatic imine (C=N–C) groups is 1. The molecule has 3 heterocycles. The van der Waals surface area contributed by atoms with Crippen molar-refractivity contribution >= 4 is 23.7 Å². The van der Waals surface area contributed by atoms with Gasteiger partial charge in [-0.3, -0.25) is 14.6 Å². The summed E-state index contributed by atoms with van der Waals surface area (Å²) in [6, 6.07) is -0.582. The van der Waals surface area contributed by atoms with E-state index in [1.807, 2.05) is 17.7 Å². The number of hydrogen-bond donors (Lipinski definition) is 0. The predicted molar refractivity (Wildman–Crippen MR) is 90.2 cm³/mol. The Morgan fingerprint density at radius 2 is 1.92 bits per heavy atom. The molecule has 3 amide bonds. The first-order valence-electron chi connectivity index (χ1n) is 8.54. The molecular weight excluding hydrogens is 306 g/mol. The average Bonchev–Trinajstić information content (AvgIpc) is 2.98. The molecule has 1 aromatic rings. The van der Waals surface area contributed by atoms with Gasteiger partial charge in [-0.05, 0) is 33.1 Å². The Morgan fingerprint density at radius 1 is 1.25 bits per heavy atom. The highest BCUT2D eigenvalue weighted by atomic mass is 16.2. The van der Waals surface area contributed by atoms with Crippen LogP contribution in [0.1, 0.15) is 51.9 Å². The van der Waals surface area contributed by atoms with Gasteiger partial charge in [0.25, 0.3) is 5.91 Å². The summed E-state index contributed by atoms with van der Waals surface area (Å²) in [5.74, 6) is 1.51. The zero-order valence-corrected chi connectivity index (χ0v) is 15.3. The Kier molecular flexibility index (Phi) is 3.97. The van der Waals surface area contributed by atoms with E-state index in [2.05, 4.69) is 37.3 Å². The molecule has 1 saturated heterocycles. The van der Waals surface area contributed by atoms with Crippen LogP contribution in [0.15, 0.2) is 11.2 Å². The predicted octanol–water partition coefficient (Wildman–Crippen LogP) is 2.19. The van der Waals surface area contributed by atoms with Gasteiger partial charge in [0, 0.05) is 13.6 Å². The van der Waals surface area contributed by atoms with Gasteiger partial charge in [-0.1, -0.05) is 18.8 Å². The molecule has 0 radical (unpaired) electrons. The monoisotopic (exact) mass is 332 g/mol. The van der Waals surface area contributed by atoms with E-state index in [9.17, 15) is 9.59 Å². The van der Waals surface area contributed by atoms with Crippen LogP contribution in [0.5, 0.6) is 0 Å². The Bertz CT molecular complexity index is 732. The first kappa shape index (κ1) is 16.7. The average molecular weight is 332 g/mol. The summed E-state index contributed by atoms with van der Waals surface area (Å²) in [7, 11) is 1.70. The number of hydrogen-bond acceptors (Lipinski definition) is 3. The molecule has 1 atom stereocenters. The smallest absolute Gasteiger partial charge is 0.270 e. The number of aromatic nitrogens is 2. The molecule has 0 aromatic carbocycles. The number of imide groups is 1. The minimum Gasteiger partial charge on any atom is -0.270 e. The molecule has 2 aliphatic heterocycles. The summed E-state index contributed by atoms with van der Waals surface area (Å²) in [6.45, 7) is 10.8. The molecule has 0 saturated carbocycles. The summed E-state index contributed by atoms with van der Waals surface area (Å²) in [4.78, 5) is 33.1. The number of fused-ring (bicyclic) bond motifs is 3. The first-order chi connectivity index (χ1) is 11.2. The van der Waals surface area contributed by atoms with Crippen LogP contribution in [0.25, 0.3) is 0 Å². The van der Waals surface area contributed by atoms with E-state index in [0.29, 0.717) is 18.3 Å². The van der Waals surface area contributed by atoms with Crippen molar-refractivity contribution in [3.8, 4) is 0 Å². The second kappa shape index (κ2) is 5.72. The Hall–Kier alpha value is -2.18. The summed E-state index contributed by atoms with van der Waals surface area (Å²) in [5, 5.41) is 0. The molecule has 1 fully saturated rings. The minimum absolute atomic E-state index is 0.179. The van der Waals surface area contributed by atoms with E-state index in [0.717, 1.165) is 18.1 Å². The lowest BCUT2D eigenvalue weighted by Crippen LogP contribution is -2.62. The van der Waals surface area contributed by atoms with Crippen molar-refractivity contribution in [2.75, 3.05) is 13.6 Å². The number of aryl methyl sites for hydroxylation is 1. The van der Waals surface area contributed by atoms with Crippen molar-refractivity contribution < 1.29 is 14.2 Å². The molecule has 0 N–H and O–H groups in total. The van der Waals surface area contributed by atoms with Crippen LogP contribution < -0.4 is 4.57 Å². The molecule has 24 heavy (non-hydrogen) atoms. The quantitative estimate of drug-likeness (QED) is 0.794. The van der Waals surface area contributed by atoms with Gasteiger partial charge in [0.1, 0.15) is 11.9 Å². The molecule has 130 valence electrons. The van der Waals surface area contributed by atoms with Gasteiger partial charge in [-0.15, -0.1) is 0 Å². The molecule has 2 aliphatic rings. The lowest BCUT2D eigenvalue weighted by Gasteiger charge is -2.33. The van der Waals surface area contributed by atoms with Crippen molar-refractivity contribution in [2.24, 2.45) is 10.9 Å². The van der Waals surface area contributed by atoms with Gasteiger partial charge in [-0.25, -0.2) is 13.9 Å².